The van der Waals surface area contributed by atoms with Gasteiger partial charge >= 0.3 is 12.1 Å². The molecule has 7 amide bonds. The van der Waals surface area contributed by atoms with Gasteiger partial charge in [-0.1, -0.05) is 12.8 Å². The van der Waals surface area contributed by atoms with Crippen LogP contribution < -0.4 is 25.4 Å². The summed E-state index contributed by atoms with van der Waals surface area (Å²) in [6.07, 6.45) is 5.47. The van der Waals surface area contributed by atoms with E-state index in [1.165, 1.54) is 36.1 Å². The first-order chi connectivity index (χ1) is 27.0. The Hall–Kier alpha value is -4.95. The number of amides is 7. The molecule has 1 aromatic rings. The highest BCUT2D eigenvalue weighted by Gasteiger charge is 2.51. The van der Waals surface area contributed by atoms with Crippen LogP contribution in [0.2, 0.25) is 0 Å². The Balaban J connectivity index is 0.853. The van der Waals surface area contributed by atoms with Crippen molar-refractivity contribution in [3.8, 4) is 11.5 Å². The minimum atomic E-state index is -1.04. The van der Waals surface area contributed by atoms with Crippen LogP contribution in [0.15, 0.2) is 24.3 Å². The number of urea groups is 1. The van der Waals surface area contributed by atoms with Crippen molar-refractivity contribution in [3.05, 3.63) is 40.0 Å². The lowest BCUT2D eigenvalue weighted by Gasteiger charge is -2.22. The molecule has 1 unspecified atom stereocenters. The Morgan fingerprint density at radius 3 is 2.20 bits per heavy atom. The van der Waals surface area contributed by atoms with E-state index in [-0.39, 0.29) is 58.7 Å². The summed E-state index contributed by atoms with van der Waals surface area (Å²) in [5.74, 6) is 0.284. The van der Waals surface area contributed by atoms with Gasteiger partial charge in [0.15, 0.2) is 11.5 Å². The van der Waals surface area contributed by atoms with Gasteiger partial charge in [0.1, 0.15) is 6.10 Å². The first kappa shape index (κ1) is 42.2. The molecule has 2 fully saturated rings. The second-order valence-electron chi connectivity index (χ2n) is 13.5. The largest absolute Gasteiger partial charge is 0.454 e. The van der Waals surface area contributed by atoms with Crippen LogP contribution in [0.1, 0.15) is 70.0 Å². The molecule has 56 heavy (non-hydrogen) atoms. The molecule has 4 aliphatic rings. The molecule has 0 spiro atoms. The third kappa shape index (κ3) is 11.5. The number of thioether (sulfide) groups is 1. The van der Waals surface area contributed by atoms with Crippen LogP contribution in [0.25, 0.3) is 0 Å². The molecule has 20 heteroatoms. The van der Waals surface area contributed by atoms with Gasteiger partial charge in [0.2, 0.25) is 18.6 Å². The van der Waals surface area contributed by atoms with Gasteiger partial charge in [0, 0.05) is 55.6 Å². The highest BCUT2D eigenvalue weighted by Crippen LogP contribution is 2.42. The van der Waals surface area contributed by atoms with Gasteiger partial charge in [-0.2, -0.15) is 11.8 Å². The summed E-state index contributed by atoms with van der Waals surface area (Å²) >= 11 is 1.64. The predicted octanol–water partition coefficient (Wildman–Crippen LogP) is 2.71. The minimum absolute atomic E-state index is 0.0477. The van der Waals surface area contributed by atoms with E-state index < -0.39 is 29.2 Å². The Morgan fingerprint density at radius 2 is 1.55 bits per heavy atom. The van der Waals surface area contributed by atoms with E-state index >= 15 is 0 Å². The minimum Gasteiger partial charge on any atom is -0.454 e. The number of fused-ring (bicyclic) bond motifs is 2. The van der Waals surface area contributed by atoms with Crippen LogP contribution >= 0.6 is 11.8 Å². The van der Waals surface area contributed by atoms with Gasteiger partial charge < -0.3 is 39.6 Å². The smallest absolute Gasteiger partial charge is 0.418 e. The van der Waals surface area contributed by atoms with Gasteiger partial charge in [0.05, 0.1) is 55.1 Å². The van der Waals surface area contributed by atoms with Crippen molar-refractivity contribution in [1.82, 2.24) is 25.8 Å². The lowest BCUT2D eigenvalue weighted by atomic mass is 10.0. The molecule has 3 N–H and O–H groups in total. The molecule has 5 rings (SSSR count). The molecule has 306 valence electrons. The van der Waals surface area contributed by atoms with Crippen LogP contribution in [0, 0.1) is 10.1 Å². The fraction of sp³-hybridized carbons (Fsp3) is 0.611. The molecule has 2 saturated heterocycles. The SMILES string of the molecule is CC(OC(=O)N1C(=O)N[C@@H]2[C@H](CCCCC(=O)NCCOCCOCCNC(=O)CCCCCN3C(=O)C=CC3=O)SC[C@@H]21)c1cc2c(cc1[N+](=O)[O-])OCO2. The van der Waals surface area contributed by atoms with E-state index in [9.17, 15) is 38.9 Å². The first-order valence-electron chi connectivity index (χ1n) is 18.8. The third-order valence-electron chi connectivity index (χ3n) is 9.61. The van der Waals surface area contributed by atoms with Gasteiger partial charge in [-0.25, -0.2) is 14.5 Å². The quantitative estimate of drug-likeness (QED) is 0.0475. The maximum Gasteiger partial charge on any atom is 0.418 e. The molecule has 4 aliphatic heterocycles. The normalized spacial score (nSPS) is 19.9. The van der Waals surface area contributed by atoms with Crippen molar-refractivity contribution >= 4 is 53.2 Å². The summed E-state index contributed by atoms with van der Waals surface area (Å²) in [6.45, 7) is 3.87. The van der Waals surface area contributed by atoms with E-state index in [4.69, 9.17) is 23.7 Å². The number of nitro groups is 1. The van der Waals surface area contributed by atoms with Gasteiger partial charge in [0.25, 0.3) is 17.5 Å². The second kappa shape index (κ2) is 20.8. The molecule has 4 atom stereocenters. The lowest BCUT2D eigenvalue weighted by molar-refractivity contribution is -0.386. The van der Waals surface area contributed by atoms with Crippen molar-refractivity contribution in [2.45, 2.75) is 81.7 Å². The Labute approximate surface area is 327 Å². The summed E-state index contributed by atoms with van der Waals surface area (Å²) in [5, 5.41) is 20.2. The number of benzene rings is 1. The molecule has 0 radical (unpaired) electrons. The number of nitro benzene ring substituents is 1. The number of rotatable bonds is 23. The predicted molar refractivity (Wildman–Crippen MR) is 199 cm³/mol. The number of ether oxygens (including phenoxy) is 5. The van der Waals surface area contributed by atoms with Crippen molar-refractivity contribution in [3.63, 3.8) is 0 Å². The van der Waals surface area contributed by atoms with E-state index in [1.54, 1.807) is 11.8 Å². The Bertz CT molecular complexity index is 1640. The molecular weight excluding hydrogens is 756 g/mol. The van der Waals surface area contributed by atoms with E-state index in [0.29, 0.717) is 89.7 Å². The Morgan fingerprint density at radius 1 is 0.929 bits per heavy atom. The summed E-state index contributed by atoms with van der Waals surface area (Å²) in [4.78, 5) is 86.6. The number of imide groups is 2. The van der Waals surface area contributed by atoms with Crippen LogP contribution in [0.4, 0.5) is 15.3 Å². The molecule has 0 saturated carbocycles. The Kier molecular flexibility index (Phi) is 15.7. The summed E-state index contributed by atoms with van der Waals surface area (Å²) in [7, 11) is 0. The number of carbonyl (C=O) groups is 6. The molecule has 0 aromatic heterocycles. The van der Waals surface area contributed by atoms with Crippen molar-refractivity contribution in [2.24, 2.45) is 0 Å². The molecule has 1 aromatic carbocycles. The number of hydrogen-bond acceptors (Lipinski definition) is 14. The zero-order valence-corrected chi connectivity index (χ0v) is 32.0. The molecule has 0 aliphatic carbocycles. The van der Waals surface area contributed by atoms with Gasteiger partial charge in [-0.3, -0.25) is 34.2 Å². The lowest BCUT2D eigenvalue weighted by Crippen LogP contribution is -2.42. The highest BCUT2D eigenvalue weighted by atomic mass is 32.2. The van der Waals surface area contributed by atoms with Crippen LogP contribution in [-0.2, 0) is 33.4 Å². The molecular formula is C36H48N6O13S. The van der Waals surface area contributed by atoms with E-state index in [0.717, 1.165) is 24.2 Å². The van der Waals surface area contributed by atoms with Gasteiger partial charge in [-0.15, -0.1) is 0 Å². The average molecular weight is 805 g/mol. The topological polar surface area (TPSA) is 234 Å². The number of nitrogens with zero attached hydrogens (tertiary/aromatic N) is 3. The van der Waals surface area contributed by atoms with E-state index in [2.05, 4.69) is 16.0 Å². The maximum absolute atomic E-state index is 13.2. The standard InChI is InChI=1S/C36H48N6O13S/c1-23(24-19-27-28(54-22-53-27)20-25(24)42(49)50)55-36(48)41-26-21-56-29(34(26)39-35(41)47)7-4-5-9-31(44)38-13-16-52-18-17-51-15-12-37-30(43)8-3-2-6-14-40-32(45)10-11-33(40)46/h10-11,19-20,23,26,29,34H,2-9,12-18,21-22H2,1H3,(H,37,43)(H,38,44)(H,39,47)/t23?,26-,29-,34-/m0/s1. The van der Waals surface area contributed by atoms with Crippen molar-refractivity contribution < 1.29 is 57.4 Å². The fourth-order valence-electron chi connectivity index (χ4n) is 6.69. The molecule has 0 bridgehead atoms. The summed E-state index contributed by atoms with van der Waals surface area (Å²) < 4.78 is 27.1. The monoisotopic (exact) mass is 804 g/mol. The van der Waals surface area contributed by atoms with Crippen molar-refractivity contribution in [2.75, 3.05) is 58.6 Å². The summed E-state index contributed by atoms with van der Waals surface area (Å²) in [6, 6.07) is 1.35. The number of carbonyl (C=O) groups excluding carboxylic acids is 6. The fourth-order valence-corrected chi connectivity index (χ4v) is 8.28. The van der Waals surface area contributed by atoms with E-state index in [1.807, 2.05) is 0 Å². The zero-order chi connectivity index (χ0) is 40.0. The maximum atomic E-state index is 13.2. The average Bonchev–Trinajstić information content (AvgIpc) is 3.94. The van der Waals surface area contributed by atoms with Crippen LogP contribution in [-0.4, -0.2) is 126 Å². The number of nitrogens with one attached hydrogen (secondary N) is 3. The number of unbranched alkanes of at least 4 members (excludes halogenated alkanes) is 3. The first-order valence-corrected chi connectivity index (χ1v) is 19.8. The van der Waals surface area contributed by atoms with Crippen LogP contribution in [0.5, 0.6) is 11.5 Å². The third-order valence-corrected chi connectivity index (χ3v) is 11.1. The zero-order valence-electron chi connectivity index (χ0n) is 31.2. The molecule has 19 nitrogen and oxygen atoms in total. The van der Waals surface area contributed by atoms with Crippen LogP contribution in [0.3, 0.4) is 0 Å². The number of hydrogen-bond donors (Lipinski definition) is 3. The van der Waals surface area contributed by atoms with Crippen molar-refractivity contribution in [1.29, 1.82) is 0 Å². The summed E-state index contributed by atoms with van der Waals surface area (Å²) in [5.41, 5.74) is -0.167. The molecule has 4 heterocycles. The van der Waals surface area contributed by atoms with Gasteiger partial charge in [-0.05, 0) is 38.7 Å². The second-order valence-corrected chi connectivity index (χ2v) is 14.7. The highest BCUT2D eigenvalue weighted by molar-refractivity contribution is 8.00.